The average molecular weight is 545 g/mol. The third kappa shape index (κ3) is 5.84. The lowest BCUT2D eigenvalue weighted by Crippen LogP contribution is -2.47. The Kier molecular flexibility index (Phi) is 8.38. The second-order valence-electron chi connectivity index (χ2n) is 9.09. The first kappa shape index (κ1) is 27.2. The molecule has 202 valence electrons. The molecule has 4 rings (SSSR count). The number of aliphatic hydroxyl groups is 1. The van der Waals surface area contributed by atoms with E-state index in [2.05, 4.69) is 10.6 Å². The first-order chi connectivity index (χ1) is 18.2. The molecule has 0 bridgehead atoms. The van der Waals surface area contributed by atoms with Crippen LogP contribution in [0.5, 0.6) is 11.5 Å². The number of carbonyl (C=O) groups excluding carboxylic acids is 2. The molecule has 1 fully saturated rings. The fourth-order valence-corrected chi connectivity index (χ4v) is 4.83. The van der Waals surface area contributed by atoms with Crippen molar-refractivity contribution in [3.63, 3.8) is 0 Å². The van der Waals surface area contributed by atoms with E-state index in [0.717, 1.165) is 9.13 Å². The number of methoxy groups -OCH3 is 2. The summed E-state index contributed by atoms with van der Waals surface area (Å²) in [7, 11) is 2.87. The Morgan fingerprint density at radius 3 is 2.32 bits per heavy atom. The van der Waals surface area contributed by atoms with Crippen LogP contribution in [0, 0.1) is 0 Å². The number of para-hydroxylation sites is 1. The van der Waals surface area contributed by atoms with Gasteiger partial charge in [0.25, 0.3) is 5.56 Å². The zero-order chi connectivity index (χ0) is 27.4. The van der Waals surface area contributed by atoms with Crippen LogP contribution < -0.4 is 31.4 Å². The van der Waals surface area contributed by atoms with E-state index in [1.165, 1.54) is 32.4 Å². The van der Waals surface area contributed by atoms with Gasteiger partial charge in [-0.05, 0) is 43.9 Å². The topological polar surface area (TPSA) is 141 Å². The van der Waals surface area contributed by atoms with Crippen LogP contribution in [-0.2, 0) is 22.7 Å². The largest absolute Gasteiger partial charge is 0.495 e. The van der Waals surface area contributed by atoms with E-state index in [4.69, 9.17) is 21.1 Å². The molecule has 0 atom stereocenters. The third-order valence-electron chi connectivity index (χ3n) is 6.55. The summed E-state index contributed by atoms with van der Waals surface area (Å²) in [6.07, 6.45) is 2.00. The number of halogens is 1. The highest BCUT2D eigenvalue weighted by Crippen LogP contribution is 2.35. The van der Waals surface area contributed by atoms with Gasteiger partial charge in [-0.15, -0.1) is 0 Å². The molecule has 1 heterocycles. The molecule has 1 saturated carbocycles. The number of nitrogens with one attached hydrogen (secondary N) is 2. The molecule has 0 saturated heterocycles. The lowest BCUT2D eigenvalue weighted by atomic mass is 9.93. The monoisotopic (exact) mass is 544 g/mol. The van der Waals surface area contributed by atoms with Crippen molar-refractivity contribution in [2.24, 2.45) is 0 Å². The summed E-state index contributed by atoms with van der Waals surface area (Å²) in [5, 5.41) is 15.6. The summed E-state index contributed by atoms with van der Waals surface area (Å²) in [5.41, 5.74) is -0.890. The zero-order valence-electron chi connectivity index (χ0n) is 21.0. The van der Waals surface area contributed by atoms with Crippen LogP contribution in [0.25, 0.3) is 10.9 Å². The van der Waals surface area contributed by atoms with Crippen LogP contribution >= 0.6 is 11.6 Å². The van der Waals surface area contributed by atoms with Gasteiger partial charge in [0.05, 0.1) is 41.9 Å². The van der Waals surface area contributed by atoms with Crippen LogP contribution in [0.4, 0.5) is 5.69 Å². The van der Waals surface area contributed by atoms with E-state index < -0.39 is 36.2 Å². The molecule has 1 aliphatic carbocycles. The van der Waals surface area contributed by atoms with E-state index in [0.29, 0.717) is 37.2 Å². The molecule has 11 nitrogen and oxygen atoms in total. The van der Waals surface area contributed by atoms with Crippen molar-refractivity contribution in [1.29, 1.82) is 0 Å². The number of amides is 2. The van der Waals surface area contributed by atoms with Gasteiger partial charge in [-0.25, -0.2) is 4.79 Å². The second-order valence-corrected chi connectivity index (χ2v) is 9.49. The highest BCUT2D eigenvalue weighted by molar-refractivity contribution is 6.32. The molecular weight excluding hydrogens is 516 g/mol. The molecule has 3 N–H and O–H groups in total. The van der Waals surface area contributed by atoms with Crippen molar-refractivity contribution in [2.45, 2.75) is 50.9 Å². The van der Waals surface area contributed by atoms with Gasteiger partial charge in [-0.1, -0.05) is 23.7 Å². The van der Waals surface area contributed by atoms with Gasteiger partial charge >= 0.3 is 5.69 Å². The minimum atomic E-state index is -0.794. The quantitative estimate of drug-likeness (QED) is 0.393. The molecule has 3 aromatic rings. The summed E-state index contributed by atoms with van der Waals surface area (Å²) >= 11 is 6.19. The number of ether oxygens (including phenoxy) is 2. The Balaban J connectivity index is 1.62. The van der Waals surface area contributed by atoms with Gasteiger partial charge < -0.3 is 25.2 Å². The molecule has 1 aromatic heterocycles. The molecule has 0 radical (unpaired) electrons. The average Bonchev–Trinajstić information content (AvgIpc) is 2.90. The standard InChI is InChI=1S/C26H29ClN4O7/c1-37-21-12-22(38-2)19(11-18(21)27)29-24(34)13-30-20-6-4-3-5-17(20)25(35)31(26(30)36)14-23(33)28-15-7-9-16(32)10-8-15/h3-6,11-12,15-16,32H,7-10,13-14H2,1-2H3,(H,28,33)(H,29,34)/t15-,16-. The Bertz CT molecular complexity index is 1470. The fourth-order valence-electron chi connectivity index (χ4n) is 4.59. The number of anilines is 1. The minimum absolute atomic E-state index is 0.138. The number of hydrogen-bond donors (Lipinski definition) is 3. The van der Waals surface area contributed by atoms with Crippen LogP contribution in [0.2, 0.25) is 5.02 Å². The number of benzene rings is 2. The molecule has 0 aliphatic heterocycles. The third-order valence-corrected chi connectivity index (χ3v) is 6.84. The number of carbonyl (C=O) groups is 2. The SMILES string of the molecule is COc1cc(OC)c(NC(=O)Cn2c(=O)n(CC(=O)N[C@H]3CC[C@H](O)CC3)c(=O)c3ccccc32)cc1Cl. The van der Waals surface area contributed by atoms with Gasteiger partial charge in [0, 0.05) is 12.1 Å². The van der Waals surface area contributed by atoms with Crippen molar-refractivity contribution in [2.75, 3.05) is 19.5 Å². The van der Waals surface area contributed by atoms with Gasteiger partial charge in [-0.3, -0.25) is 23.5 Å². The molecule has 2 amide bonds. The highest BCUT2D eigenvalue weighted by Gasteiger charge is 2.23. The molecular formula is C26H29ClN4O7. The molecule has 0 spiro atoms. The van der Waals surface area contributed by atoms with E-state index in [9.17, 15) is 24.3 Å². The van der Waals surface area contributed by atoms with Gasteiger partial charge in [0.2, 0.25) is 11.8 Å². The van der Waals surface area contributed by atoms with Crippen molar-refractivity contribution in [3.8, 4) is 11.5 Å². The van der Waals surface area contributed by atoms with E-state index in [1.54, 1.807) is 18.2 Å². The predicted octanol–water partition coefficient (Wildman–Crippen LogP) is 1.89. The Labute approximate surface area is 222 Å². The Morgan fingerprint density at radius 2 is 1.63 bits per heavy atom. The molecule has 12 heteroatoms. The maximum Gasteiger partial charge on any atom is 0.332 e. The summed E-state index contributed by atoms with van der Waals surface area (Å²) in [6.45, 7) is -0.931. The van der Waals surface area contributed by atoms with Gasteiger partial charge in [0.15, 0.2) is 0 Å². The van der Waals surface area contributed by atoms with Crippen LogP contribution in [-0.4, -0.2) is 52.4 Å². The number of rotatable bonds is 8. The molecule has 2 aromatic carbocycles. The molecule has 1 aliphatic rings. The maximum atomic E-state index is 13.4. The first-order valence-corrected chi connectivity index (χ1v) is 12.5. The first-order valence-electron chi connectivity index (χ1n) is 12.1. The van der Waals surface area contributed by atoms with E-state index >= 15 is 0 Å². The number of fused-ring (bicyclic) bond motifs is 1. The summed E-state index contributed by atoms with van der Waals surface area (Å²) in [4.78, 5) is 52.3. The van der Waals surface area contributed by atoms with Crippen molar-refractivity contribution in [3.05, 3.63) is 62.3 Å². The summed E-state index contributed by atoms with van der Waals surface area (Å²) in [6, 6.07) is 9.24. The van der Waals surface area contributed by atoms with Crippen molar-refractivity contribution in [1.82, 2.24) is 14.5 Å². The van der Waals surface area contributed by atoms with E-state index in [-0.39, 0.29) is 33.8 Å². The number of aromatic nitrogens is 2. The van der Waals surface area contributed by atoms with Gasteiger partial charge in [-0.2, -0.15) is 0 Å². The molecule has 38 heavy (non-hydrogen) atoms. The highest BCUT2D eigenvalue weighted by atomic mass is 35.5. The van der Waals surface area contributed by atoms with Crippen LogP contribution in [0.1, 0.15) is 25.7 Å². The lowest BCUT2D eigenvalue weighted by Gasteiger charge is -2.26. The Morgan fingerprint density at radius 1 is 0.974 bits per heavy atom. The maximum absolute atomic E-state index is 13.4. The lowest BCUT2D eigenvalue weighted by molar-refractivity contribution is -0.122. The van der Waals surface area contributed by atoms with Crippen molar-refractivity contribution < 1.29 is 24.2 Å². The van der Waals surface area contributed by atoms with Crippen molar-refractivity contribution >= 4 is 40.0 Å². The summed E-state index contributed by atoms with van der Waals surface area (Å²) < 4.78 is 12.5. The number of aliphatic hydroxyl groups excluding tert-OH is 1. The second kappa shape index (κ2) is 11.7. The molecule has 0 unspecified atom stereocenters. The Hall–Kier alpha value is -3.83. The van der Waals surface area contributed by atoms with E-state index in [1.807, 2.05) is 0 Å². The smallest absolute Gasteiger partial charge is 0.332 e. The summed E-state index contributed by atoms with van der Waals surface area (Å²) in [5.74, 6) is -0.408. The van der Waals surface area contributed by atoms with Crippen LogP contribution in [0.15, 0.2) is 46.0 Å². The predicted molar refractivity (Wildman–Crippen MR) is 142 cm³/mol. The number of nitrogens with zero attached hydrogens (tertiary/aromatic N) is 2. The minimum Gasteiger partial charge on any atom is -0.495 e. The fraction of sp³-hybridized carbons (Fsp3) is 0.385. The van der Waals surface area contributed by atoms with Gasteiger partial charge in [0.1, 0.15) is 24.6 Å². The normalized spacial score (nSPS) is 17.2. The number of hydrogen-bond acceptors (Lipinski definition) is 7. The van der Waals surface area contributed by atoms with Crippen LogP contribution in [0.3, 0.4) is 0 Å². The zero-order valence-corrected chi connectivity index (χ0v) is 21.8.